The first-order chi connectivity index (χ1) is 13.9. The highest BCUT2D eigenvalue weighted by Gasteiger charge is 2.11. The van der Waals surface area contributed by atoms with Crippen LogP contribution < -0.4 is 5.32 Å². The molecule has 0 aliphatic carbocycles. The van der Waals surface area contributed by atoms with Crippen molar-refractivity contribution < 1.29 is 0 Å². The summed E-state index contributed by atoms with van der Waals surface area (Å²) in [4.78, 5) is 8.42. The monoisotopic (exact) mass is 369 g/mol. The Bertz CT molecular complexity index is 1210. The van der Waals surface area contributed by atoms with E-state index in [0.717, 1.165) is 28.3 Å². The maximum atomic E-state index is 4.60. The Kier molecular flexibility index (Phi) is 3.94. The molecule has 0 saturated heterocycles. The second-order valence-corrected chi connectivity index (χ2v) is 6.09. The van der Waals surface area contributed by atoms with Gasteiger partial charge in [0.15, 0.2) is 5.82 Å². The zero-order chi connectivity index (χ0) is 18.8. The summed E-state index contributed by atoms with van der Waals surface area (Å²) in [6.45, 7) is 0.532. The Labute approximate surface area is 159 Å². The molecule has 0 aliphatic rings. The number of nitrogens with zero attached hydrogens (tertiary/aromatic N) is 8. The van der Waals surface area contributed by atoms with E-state index in [1.165, 1.54) is 6.33 Å². The van der Waals surface area contributed by atoms with Gasteiger partial charge in [0.05, 0.1) is 11.4 Å². The molecule has 136 valence electrons. The molecule has 0 radical (unpaired) electrons. The van der Waals surface area contributed by atoms with E-state index in [0.29, 0.717) is 12.2 Å². The van der Waals surface area contributed by atoms with E-state index < -0.39 is 0 Å². The number of hydrogen-bond acceptors (Lipinski definition) is 7. The Morgan fingerprint density at radius 2 is 1.93 bits per heavy atom. The fourth-order valence-electron chi connectivity index (χ4n) is 2.99. The smallest absolute Gasteiger partial charge is 0.200 e. The molecule has 0 saturated carbocycles. The molecule has 0 atom stereocenters. The van der Waals surface area contributed by atoms with E-state index in [1.807, 2.05) is 48.5 Å². The van der Waals surface area contributed by atoms with Gasteiger partial charge in [0.2, 0.25) is 5.65 Å². The number of aromatic nitrogens is 8. The molecule has 4 heterocycles. The average molecular weight is 369 g/mol. The zero-order valence-electron chi connectivity index (χ0n) is 14.7. The minimum atomic E-state index is 0.532. The van der Waals surface area contributed by atoms with Gasteiger partial charge in [-0.05, 0) is 12.1 Å². The predicted octanol–water partition coefficient (Wildman–Crippen LogP) is 2.38. The summed E-state index contributed by atoms with van der Waals surface area (Å²) in [5.41, 5.74) is 4.32. The van der Waals surface area contributed by atoms with Crippen molar-refractivity contribution in [1.82, 2.24) is 39.6 Å². The minimum Gasteiger partial charge on any atom is -0.378 e. The third-order valence-electron chi connectivity index (χ3n) is 4.31. The number of anilines is 1. The van der Waals surface area contributed by atoms with Gasteiger partial charge in [0.1, 0.15) is 19.0 Å². The standard InChI is InChI=1S/C19H15N9/c1-2-5-14(6-3-1)16-9-17(19-25-23-13-28(19)26-16)22-10-15-7-4-8-21-18(15)27-12-20-11-24-27/h1-9,11-13,22H,10H2. The first kappa shape index (κ1) is 16.1. The maximum absolute atomic E-state index is 4.60. The second kappa shape index (κ2) is 6.88. The molecule has 9 heteroatoms. The van der Waals surface area contributed by atoms with Gasteiger partial charge in [-0.3, -0.25) is 0 Å². The van der Waals surface area contributed by atoms with E-state index in [-0.39, 0.29) is 0 Å². The van der Waals surface area contributed by atoms with Crippen molar-refractivity contribution in [1.29, 1.82) is 0 Å². The van der Waals surface area contributed by atoms with Crippen LogP contribution in [0, 0.1) is 0 Å². The summed E-state index contributed by atoms with van der Waals surface area (Å²) in [5, 5.41) is 20.4. The zero-order valence-corrected chi connectivity index (χ0v) is 14.7. The van der Waals surface area contributed by atoms with Crippen molar-refractivity contribution in [3.63, 3.8) is 0 Å². The highest BCUT2D eigenvalue weighted by molar-refractivity contribution is 5.73. The Balaban J connectivity index is 1.50. The Hall–Kier alpha value is -4.14. The molecule has 1 aromatic carbocycles. The molecule has 0 spiro atoms. The third-order valence-corrected chi connectivity index (χ3v) is 4.31. The first-order valence-corrected chi connectivity index (χ1v) is 8.68. The molecule has 1 N–H and O–H groups in total. The van der Waals surface area contributed by atoms with Gasteiger partial charge in [0, 0.05) is 23.9 Å². The van der Waals surface area contributed by atoms with Gasteiger partial charge in [-0.25, -0.2) is 14.6 Å². The topological polar surface area (TPSA) is 98.7 Å². The van der Waals surface area contributed by atoms with E-state index in [2.05, 4.69) is 35.7 Å². The van der Waals surface area contributed by atoms with Crippen molar-refractivity contribution in [2.75, 3.05) is 5.32 Å². The highest BCUT2D eigenvalue weighted by Crippen LogP contribution is 2.23. The lowest BCUT2D eigenvalue weighted by Crippen LogP contribution is -2.09. The van der Waals surface area contributed by atoms with Crippen LogP contribution in [0.1, 0.15) is 5.56 Å². The normalized spacial score (nSPS) is 11.0. The molecule has 0 fully saturated rings. The van der Waals surface area contributed by atoms with E-state index in [4.69, 9.17) is 0 Å². The second-order valence-electron chi connectivity index (χ2n) is 6.09. The van der Waals surface area contributed by atoms with Crippen LogP contribution in [0.25, 0.3) is 22.7 Å². The largest absolute Gasteiger partial charge is 0.378 e. The minimum absolute atomic E-state index is 0.532. The third kappa shape index (κ3) is 2.94. The maximum Gasteiger partial charge on any atom is 0.200 e. The number of rotatable bonds is 5. The number of fused-ring (bicyclic) bond motifs is 1. The van der Waals surface area contributed by atoms with Crippen LogP contribution in [0.2, 0.25) is 0 Å². The number of benzene rings is 1. The molecule has 9 nitrogen and oxygen atoms in total. The van der Waals surface area contributed by atoms with Crippen molar-refractivity contribution in [2.45, 2.75) is 6.54 Å². The van der Waals surface area contributed by atoms with Gasteiger partial charge in [-0.1, -0.05) is 36.4 Å². The van der Waals surface area contributed by atoms with E-state index in [9.17, 15) is 0 Å². The van der Waals surface area contributed by atoms with Gasteiger partial charge in [-0.15, -0.1) is 10.2 Å². The molecule has 5 rings (SSSR count). The van der Waals surface area contributed by atoms with Crippen LogP contribution >= 0.6 is 0 Å². The molecule has 0 unspecified atom stereocenters. The molecule has 0 amide bonds. The van der Waals surface area contributed by atoms with Gasteiger partial charge in [0.25, 0.3) is 0 Å². The quantitative estimate of drug-likeness (QED) is 0.508. The summed E-state index contributed by atoms with van der Waals surface area (Å²) < 4.78 is 3.32. The van der Waals surface area contributed by atoms with Crippen molar-refractivity contribution in [3.05, 3.63) is 79.3 Å². The Morgan fingerprint density at radius 1 is 1.00 bits per heavy atom. The Morgan fingerprint density at radius 3 is 2.79 bits per heavy atom. The lowest BCUT2D eigenvalue weighted by Gasteiger charge is -2.12. The summed E-state index contributed by atoms with van der Waals surface area (Å²) in [6, 6.07) is 15.9. The lowest BCUT2D eigenvalue weighted by atomic mass is 10.1. The van der Waals surface area contributed by atoms with Crippen LogP contribution in [0.5, 0.6) is 0 Å². The molecular weight excluding hydrogens is 354 g/mol. The number of hydrogen-bond donors (Lipinski definition) is 1. The summed E-state index contributed by atoms with van der Waals surface area (Å²) in [7, 11) is 0. The molecule has 28 heavy (non-hydrogen) atoms. The van der Waals surface area contributed by atoms with Crippen molar-refractivity contribution in [2.24, 2.45) is 0 Å². The lowest BCUT2D eigenvalue weighted by molar-refractivity contribution is 0.827. The van der Waals surface area contributed by atoms with Crippen molar-refractivity contribution in [3.8, 4) is 17.1 Å². The van der Waals surface area contributed by atoms with Crippen LogP contribution in [-0.4, -0.2) is 39.6 Å². The average Bonchev–Trinajstić information content (AvgIpc) is 3.45. The van der Waals surface area contributed by atoms with E-state index >= 15 is 0 Å². The van der Waals surface area contributed by atoms with Gasteiger partial charge in [-0.2, -0.15) is 14.7 Å². The molecule has 4 aromatic heterocycles. The molecule has 5 aromatic rings. The fourth-order valence-corrected chi connectivity index (χ4v) is 2.99. The van der Waals surface area contributed by atoms with Crippen LogP contribution in [-0.2, 0) is 6.54 Å². The molecular formula is C19H15N9. The van der Waals surface area contributed by atoms with Gasteiger partial charge >= 0.3 is 0 Å². The van der Waals surface area contributed by atoms with Gasteiger partial charge < -0.3 is 5.32 Å². The predicted molar refractivity (Wildman–Crippen MR) is 103 cm³/mol. The molecule has 0 bridgehead atoms. The molecule has 0 aliphatic heterocycles. The van der Waals surface area contributed by atoms with Crippen LogP contribution in [0.4, 0.5) is 5.69 Å². The SMILES string of the molecule is c1ccc(-c2cc(NCc3cccnc3-n3cncn3)c3nncn3n2)cc1. The van der Waals surface area contributed by atoms with Crippen LogP contribution in [0.15, 0.2) is 73.7 Å². The summed E-state index contributed by atoms with van der Waals surface area (Å²) in [6.07, 6.45) is 6.44. The van der Waals surface area contributed by atoms with E-state index in [1.54, 1.807) is 28.0 Å². The first-order valence-electron chi connectivity index (χ1n) is 8.68. The fraction of sp³-hybridized carbons (Fsp3) is 0.0526. The highest BCUT2D eigenvalue weighted by atomic mass is 15.4. The summed E-state index contributed by atoms with van der Waals surface area (Å²) in [5.74, 6) is 0.724. The summed E-state index contributed by atoms with van der Waals surface area (Å²) >= 11 is 0. The number of nitrogens with one attached hydrogen (secondary N) is 1. The number of pyridine rings is 1. The van der Waals surface area contributed by atoms with Crippen molar-refractivity contribution >= 4 is 11.3 Å². The van der Waals surface area contributed by atoms with Crippen LogP contribution in [0.3, 0.4) is 0 Å².